The van der Waals surface area contributed by atoms with E-state index in [1.807, 2.05) is 57.2 Å². The largest absolute Gasteiger partial charge is 0.490 e. The van der Waals surface area contributed by atoms with Crippen LogP contribution >= 0.6 is 0 Å². The smallest absolute Gasteiger partial charge is 0.219 e. The Hall–Kier alpha value is -3.55. The topological polar surface area (TPSA) is 93.8 Å². The first-order chi connectivity index (χ1) is 14.6. The van der Waals surface area contributed by atoms with Crippen LogP contribution in [0.1, 0.15) is 29.8 Å². The maximum atomic E-state index is 5.85. The Morgan fingerprint density at radius 2 is 1.83 bits per heavy atom. The van der Waals surface area contributed by atoms with Gasteiger partial charge in [0.05, 0.1) is 18.8 Å². The highest BCUT2D eigenvalue weighted by Crippen LogP contribution is 2.30. The second kappa shape index (κ2) is 10.3. The monoisotopic (exact) mass is 409 g/mol. The highest BCUT2D eigenvalue weighted by Gasteiger charge is 2.08. The van der Waals surface area contributed by atoms with Gasteiger partial charge in [0.1, 0.15) is 5.76 Å². The van der Waals surface area contributed by atoms with Crippen LogP contribution in [0.3, 0.4) is 0 Å². The Kier molecular flexibility index (Phi) is 7.26. The third kappa shape index (κ3) is 5.73. The van der Waals surface area contributed by atoms with E-state index in [2.05, 4.69) is 25.6 Å². The highest BCUT2D eigenvalue weighted by molar-refractivity contribution is 5.79. The van der Waals surface area contributed by atoms with Crippen LogP contribution in [0, 0.1) is 13.8 Å². The summed E-state index contributed by atoms with van der Waals surface area (Å²) in [7, 11) is 1.71. The Bertz CT molecular complexity index is 963. The number of para-hydroxylation sites is 2. The number of nitrogens with one attached hydrogen (secondary N) is 2. The lowest BCUT2D eigenvalue weighted by atomic mass is 10.3. The third-order valence-corrected chi connectivity index (χ3v) is 4.32. The molecule has 30 heavy (non-hydrogen) atoms. The first-order valence-corrected chi connectivity index (χ1v) is 9.81. The molecule has 2 aromatic heterocycles. The van der Waals surface area contributed by atoms with Gasteiger partial charge in [-0.05, 0) is 38.5 Å². The molecule has 0 spiro atoms. The van der Waals surface area contributed by atoms with Crippen LogP contribution < -0.4 is 20.1 Å². The number of hydrogen-bond acceptors (Lipinski definition) is 6. The molecule has 1 aromatic carbocycles. The van der Waals surface area contributed by atoms with Crippen molar-refractivity contribution in [2.75, 3.05) is 13.7 Å². The number of pyridine rings is 1. The summed E-state index contributed by atoms with van der Waals surface area (Å²) in [6, 6.07) is 11.3. The lowest BCUT2D eigenvalue weighted by Crippen LogP contribution is -2.36. The molecule has 3 rings (SSSR count). The van der Waals surface area contributed by atoms with E-state index in [9.17, 15) is 0 Å². The number of aliphatic imine (C=N–C) groups is 1. The fourth-order valence-corrected chi connectivity index (χ4v) is 2.68. The van der Waals surface area contributed by atoms with Crippen LogP contribution in [0.5, 0.6) is 17.4 Å². The second-order valence-corrected chi connectivity index (χ2v) is 6.52. The molecule has 0 bridgehead atoms. The summed E-state index contributed by atoms with van der Waals surface area (Å²) >= 11 is 0. The van der Waals surface area contributed by atoms with E-state index in [0.717, 1.165) is 17.0 Å². The number of hydrogen-bond donors (Lipinski definition) is 2. The van der Waals surface area contributed by atoms with E-state index in [1.54, 1.807) is 13.2 Å². The molecule has 0 aliphatic rings. The first-order valence-electron chi connectivity index (χ1n) is 9.81. The zero-order chi connectivity index (χ0) is 21.3. The lowest BCUT2D eigenvalue weighted by Gasteiger charge is -2.12. The van der Waals surface area contributed by atoms with Gasteiger partial charge in [0, 0.05) is 25.9 Å². The van der Waals surface area contributed by atoms with Crippen LogP contribution in [0.15, 0.2) is 52.0 Å². The zero-order valence-corrected chi connectivity index (χ0v) is 17.7. The van der Waals surface area contributed by atoms with Crippen molar-refractivity contribution in [3.8, 4) is 17.4 Å². The summed E-state index contributed by atoms with van der Waals surface area (Å²) in [5, 5.41) is 6.42. The average Bonchev–Trinajstić information content (AvgIpc) is 3.08. The molecule has 8 heteroatoms. The van der Waals surface area contributed by atoms with Crippen molar-refractivity contribution < 1.29 is 13.9 Å². The minimum atomic E-state index is 0.457. The predicted octanol–water partition coefficient (Wildman–Crippen LogP) is 3.74. The van der Waals surface area contributed by atoms with Gasteiger partial charge in [-0.25, -0.2) is 9.97 Å². The van der Waals surface area contributed by atoms with Crippen LogP contribution in [-0.2, 0) is 13.1 Å². The van der Waals surface area contributed by atoms with Gasteiger partial charge in [-0.2, -0.15) is 0 Å². The molecule has 0 radical (unpaired) electrons. The van der Waals surface area contributed by atoms with Crippen LogP contribution in [0.25, 0.3) is 0 Å². The molecule has 0 fully saturated rings. The van der Waals surface area contributed by atoms with Crippen molar-refractivity contribution in [3.05, 3.63) is 65.5 Å². The fraction of sp³-hybridized carbons (Fsp3) is 0.318. The summed E-state index contributed by atoms with van der Waals surface area (Å²) in [6.07, 6.45) is 1.76. The minimum Gasteiger partial charge on any atom is -0.490 e. The van der Waals surface area contributed by atoms with Gasteiger partial charge >= 0.3 is 0 Å². The third-order valence-electron chi connectivity index (χ3n) is 4.32. The molecule has 8 nitrogen and oxygen atoms in total. The van der Waals surface area contributed by atoms with E-state index in [0.29, 0.717) is 48.9 Å². The molecule has 0 aliphatic heterocycles. The maximum Gasteiger partial charge on any atom is 0.219 e. The Labute approximate surface area is 176 Å². The first kappa shape index (κ1) is 21.2. The number of ether oxygens (including phenoxy) is 2. The van der Waals surface area contributed by atoms with Crippen molar-refractivity contribution in [2.45, 2.75) is 33.9 Å². The van der Waals surface area contributed by atoms with Crippen LogP contribution in [0.2, 0.25) is 0 Å². The van der Waals surface area contributed by atoms with E-state index in [1.165, 1.54) is 0 Å². The van der Waals surface area contributed by atoms with Gasteiger partial charge in [0.2, 0.25) is 11.8 Å². The molecule has 0 unspecified atom stereocenters. The lowest BCUT2D eigenvalue weighted by molar-refractivity contribution is 0.319. The summed E-state index contributed by atoms with van der Waals surface area (Å²) in [6.45, 7) is 7.35. The summed E-state index contributed by atoms with van der Waals surface area (Å²) in [5.41, 5.74) is 1.89. The van der Waals surface area contributed by atoms with Crippen molar-refractivity contribution in [1.82, 2.24) is 20.6 Å². The van der Waals surface area contributed by atoms with Gasteiger partial charge in [-0.1, -0.05) is 18.2 Å². The van der Waals surface area contributed by atoms with Crippen LogP contribution in [0.4, 0.5) is 0 Å². The van der Waals surface area contributed by atoms with E-state index in [4.69, 9.17) is 13.9 Å². The average molecular weight is 409 g/mol. The number of rotatable bonds is 8. The van der Waals surface area contributed by atoms with E-state index in [-0.39, 0.29) is 0 Å². The molecule has 3 aromatic rings. The van der Waals surface area contributed by atoms with Crippen molar-refractivity contribution in [3.63, 3.8) is 0 Å². The molecule has 0 aliphatic carbocycles. The quantitative estimate of drug-likeness (QED) is 0.432. The summed E-state index contributed by atoms with van der Waals surface area (Å²) < 4.78 is 17.0. The highest BCUT2D eigenvalue weighted by atomic mass is 16.5. The van der Waals surface area contributed by atoms with Gasteiger partial charge in [-0.15, -0.1) is 0 Å². The second-order valence-electron chi connectivity index (χ2n) is 6.52. The number of oxazole rings is 1. The standard InChI is InChI=1S/C22H27N5O3/c1-5-28-18-8-6-7-9-19(18)30-20-11-10-17(12-24-20)13-25-22(23-4)26-14-21-27-15(2)16(3)29-21/h6-12H,5,13-14H2,1-4H3,(H2,23,25,26). The molecule has 0 amide bonds. The van der Waals surface area contributed by atoms with Crippen molar-refractivity contribution in [2.24, 2.45) is 4.99 Å². The van der Waals surface area contributed by atoms with Crippen molar-refractivity contribution in [1.29, 1.82) is 0 Å². The van der Waals surface area contributed by atoms with Gasteiger partial charge in [0.25, 0.3) is 0 Å². The molecule has 0 atom stereocenters. The Balaban J connectivity index is 1.52. The molecular weight excluding hydrogens is 382 g/mol. The molecule has 0 saturated carbocycles. The zero-order valence-electron chi connectivity index (χ0n) is 17.7. The number of guanidine groups is 1. The number of aryl methyl sites for hydroxylation is 2. The molecule has 158 valence electrons. The minimum absolute atomic E-state index is 0.457. The number of benzene rings is 1. The fourth-order valence-electron chi connectivity index (χ4n) is 2.68. The molecule has 2 heterocycles. The Morgan fingerprint density at radius 3 is 2.47 bits per heavy atom. The molecule has 0 saturated heterocycles. The predicted molar refractivity (Wildman–Crippen MR) is 115 cm³/mol. The van der Waals surface area contributed by atoms with Crippen LogP contribution in [-0.4, -0.2) is 29.6 Å². The molecule has 2 N–H and O–H groups in total. The van der Waals surface area contributed by atoms with Gasteiger partial charge < -0.3 is 24.5 Å². The Morgan fingerprint density at radius 1 is 1.07 bits per heavy atom. The maximum absolute atomic E-state index is 5.85. The van der Waals surface area contributed by atoms with Gasteiger partial charge in [0.15, 0.2) is 17.5 Å². The van der Waals surface area contributed by atoms with Crippen molar-refractivity contribution >= 4 is 5.96 Å². The molecular formula is C22H27N5O3. The summed E-state index contributed by atoms with van der Waals surface area (Å²) in [4.78, 5) is 12.9. The van der Waals surface area contributed by atoms with E-state index < -0.39 is 0 Å². The van der Waals surface area contributed by atoms with Gasteiger partial charge in [-0.3, -0.25) is 4.99 Å². The van der Waals surface area contributed by atoms with E-state index >= 15 is 0 Å². The number of nitrogens with zero attached hydrogens (tertiary/aromatic N) is 3. The number of aromatic nitrogens is 2. The normalized spacial score (nSPS) is 11.3. The SMILES string of the molecule is CCOc1ccccc1Oc1ccc(CNC(=NC)NCc2nc(C)c(C)o2)cn1. The summed E-state index contributed by atoms with van der Waals surface area (Å²) in [5.74, 6) is 3.94.